The lowest BCUT2D eigenvalue weighted by Crippen LogP contribution is -2.63. The second-order valence-corrected chi connectivity index (χ2v) is 19.8. The van der Waals surface area contributed by atoms with Gasteiger partial charge in [-0.05, 0) is 7.05 Å². The van der Waals surface area contributed by atoms with Crippen LogP contribution >= 0.6 is 0 Å². The molecular weight excluding hydrogens is 953 g/mol. The van der Waals surface area contributed by atoms with Gasteiger partial charge in [0.2, 0.25) is 0 Å². The fraction of sp³-hybridized carbons (Fsp3) is 1.00. The summed E-state index contributed by atoms with van der Waals surface area (Å²) in [5.74, 6) is -15.8. The largest absolute Gasteiger partial charge is 0.480 e. The van der Waals surface area contributed by atoms with Gasteiger partial charge in [0.05, 0.1) is 0 Å². The predicted octanol–water partition coefficient (Wildman–Crippen LogP) is 1.51. The number of halogens is 18. The van der Waals surface area contributed by atoms with Crippen molar-refractivity contribution in [2.45, 2.75) is 43.9 Å². The van der Waals surface area contributed by atoms with Crippen molar-refractivity contribution in [3.63, 3.8) is 0 Å². The van der Waals surface area contributed by atoms with E-state index in [4.69, 9.17) is 0 Å². The highest BCUT2D eigenvalue weighted by molar-refractivity contribution is 8.13. The molecule has 0 aromatic heterocycles. The van der Waals surface area contributed by atoms with Gasteiger partial charge in [-0.2, -0.15) is 79.0 Å². The van der Waals surface area contributed by atoms with Crippen molar-refractivity contribution in [3.05, 3.63) is 8.25 Å². The summed E-state index contributed by atoms with van der Waals surface area (Å²) in [4.78, 5) is 0.248. The van der Waals surface area contributed by atoms with E-state index in [1.165, 1.54) is 0 Å². The van der Waals surface area contributed by atoms with Gasteiger partial charge in [-0.15, -0.1) is 0 Å². The zero-order chi connectivity index (χ0) is 44.2. The van der Waals surface area contributed by atoms with E-state index < -0.39 is 130 Å². The third-order valence-corrected chi connectivity index (χ3v) is 14.5. The number of alkyl halides is 18. The first kappa shape index (κ1) is 52.2. The summed E-state index contributed by atoms with van der Waals surface area (Å²) in [7, 11) is -46.2. The van der Waals surface area contributed by atoms with Crippen molar-refractivity contribution >= 4 is 60.1 Å². The van der Waals surface area contributed by atoms with E-state index in [0.29, 0.717) is 24.7 Å². The van der Waals surface area contributed by atoms with Crippen LogP contribution in [0.4, 0.5) is 79.0 Å². The van der Waals surface area contributed by atoms with Crippen LogP contribution in [0.15, 0.2) is 0 Å². The molecular formula is C13H13F18N5O12S6-2. The van der Waals surface area contributed by atoms with Gasteiger partial charge in [0.1, 0.15) is 0 Å². The highest BCUT2D eigenvalue weighted by Gasteiger charge is 2.81. The standard InChI is InChI=1S/C13H13F18N5O12S6/c1-36(4-2-32-49(37,38)8(18,19)6(14,15)10(22,23)51(41,42)34-53(45,46)12(26,27)28)5-3-33-50(39,40)9(20,21)7(16,17)11(24,25)52(43,44)35-54(47,48)13(29,30)31/h32-33H,2-5H2,1H3/q-2. The minimum Gasteiger partial charge on any atom is -0.423 e. The van der Waals surface area contributed by atoms with E-state index in [9.17, 15) is 130 Å². The Labute approximate surface area is 289 Å². The highest BCUT2D eigenvalue weighted by atomic mass is 32.3. The fourth-order valence-electron chi connectivity index (χ4n) is 2.47. The van der Waals surface area contributed by atoms with Crippen LogP contribution in [0.1, 0.15) is 0 Å². The SMILES string of the molecule is CN(CCNS(=O)(=O)C(F)(F)C(F)(F)C(F)(F)S(=O)(=O)[N-]S(=O)(=O)C(F)(F)F)CCNS(=O)(=O)C(F)(F)C(F)(F)C(F)(F)S(=O)(=O)[N-]S(=O)(=O)C(F)(F)F. The normalized spacial score (nSPS) is 16.2. The third-order valence-electron chi connectivity index (χ3n) is 5.33. The van der Waals surface area contributed by atoms with Crippen LogP contribution in [0.2, 0.25) is 0 Å². The molecule has 0 aliphatic rings. The molecule has 0 saturated carbocycles. The third kappa shape index (κ3) is 9.33. The summed E-state index contributed by atoms with van der Waals surface area (Å²) in [6, 6.07) is 0. The van der Waals surface area contributed by atoms with Gasteiger partial charge in [0, 0.05) is 26.2 Å². The van der Waals surface area contributed by atoms with E-state index in [2.05, 4.69) is 0 Å². The Morgan fingerprint density at radius 3 is 0.833 bits per heavy atom. The molecule has 0 unspecified atom stereocenters. The minimum absolute atomic E-state index is 0.248. The van der Waals surface area contributed by atoms with Gasteiger partial charge >= 0.3 is 43.9 Å². The molecule has 0 radical (unpaired) electrons. The molecule has 0 aromatic carbocycles. The van der Waals surface area contributed by atoms with Crippen molar-refractivity contribution in [2.75, 3.05) is 33.2 Å². The van der Waals surface area contributed by atoms with Crippen LogP contribution < -0.4 is 9.44 Å². The van der Waals surface area contributed by atoms with E-state index >= 15 is 0 Å². The molecule has 326 valence electrons. The predicted molar refractivity (Wildman–Crippen MR) is 136 cm³/mol. The fourth-order valence-corrected chi connectivity index (χ4v) is 9.01. The second-order valence-electron chi connectivity index (χ2n) is 9.26. The minimum atomic E-state index is -8.25. The number of hydrogen-bond acceptors (Lipinski definition) is 13. The molecule has 0 fully saturated rings. The molecule has 0 atom stereocenters. The molecule has 0 aliphatic carbocycles. The average molecular weight is 966 g/mol. The lowest BCUT2D eigenvalue weighted by molar-refractivity contribution is -0.243. The van der Waals surface area contributed by atoms with Gasteiger partial charge in [0.25, 0.3) is 20.0 Å². The van der Waals surface area contributed by atoms with Gasteiger partial charge < -0.3 is 13.2 Å². The summed E-state index contributed by atoms with van der Waals surface area (Å²) in [6.45, 7) is -6.33. The van der Waals surface area contributed by atoms with E-state index in [-0.39, 0.29) is 4.90 Å². The molecule has 17 nitrogen and oxygen atoms in total. The highest BCUT2D eigenvalue weighted by Crippen LogP contribution is 2.54. The van der Waals surface area contributed by atoms with Crippen molar-refractivity contribution in [3.8, 4) is 0 Å². The van der Waals surface area contributed by atoms with Crippen molar-refractivity contribution in [2.24, 2.45) is 0 Å². The topological polar surface area (TPSA) is 260 Å². The molecule has 0 rings (SSSR count). The Balaban J connectivity index is 5.91. The lowest BCUT2D eigenvalue weighted by atomic mass is 10.3. The molecule has 0 aliphatic heterocycles. The summed E-state index contributed by atoms with van der Waals surface area (Å²) < 4.78 is 377. The molecule has 41 heteroatoms. The van der Waals surface area contributed by atoms with Gasteiger partial charge in [-0.1, -0.05) is 0 Å². The van der Waals surface area contributed by atoms with Crippen LogP contribution in [0.5, 0.6) is 0 Å². The summed E-state index contributed by atoms with van der Waals surface area (Å²) in [5, 5.41) is -30.4. The zero-order valence-corrected chi connectivity index (χ0v) is 29.2. The maximum absolute atomic E-state index is 14.1. The number of nitrogens with zero attached hydrogens (tertiary/aromatic N) is 3. The number of rotatable bonds is 20. The number of likely N-dealkylation sites (N-methyl/N-ethyl adjacent to an activating group) is 1. The smallest absolute Gasteiger partial charge is 0.423 e. The second kappa shape index (κ2) is 14.9. The number of sulfonamides is 6. The van der Waals surface area contributed by atoms with E-state index in [1.54, 1.807) is 0 Å². The van der Waals surface area contributed by atoms with Crippen molar-refractivity contribution in [1.29, 1.82) is 0 Å². The Bertz CT molecular complexity index is 1920. The summed E-state index contributed by atoms with van der Waals surface area (Å²) in [6.07, 6.45) is 0. The number of hydrogen-bond donors (Lipinski definition) is 2. The Morgan fingerprint density at radius 2 is 0.630 bits per heavy atom. The maximum atomic E-state index is 14.1. The van der Waals surface area contributed by atoms with E-state index in [1.807, 2.05) is 0 Å². The summed E-state index contributed by atoms with van der Waals surface area (Å²) >= 11 is 0. The molecule has 2 N–H and O–H groups in total. The first-order chi connectivity index (χ1) is 23.0. The van der Waals surface area contributed by atoms with Crippen molar-refractivity contribution < 1.29 is 130 Å². The number of nitrogens with one attached hydrogen (secondary N) is 2. The maximum Gasteiger partial charge on any atom is 0.480 e. The summed E-state index contributed by atoms with van der Waals surface area (Å²) in [5.41, 5.74) is -13.8. The quantitative estimate of drug-likeness (QED) is 0.164. The molecule has 0 bridgehead atoms. The average Bonchev–Trinajstić information content (AvgIpc) is 2.89. The molecule has 0 saturated heterocycles. The molecule has 0 heterocycles. The molecule has 0 amide bonds. The Morgan fingerprint density at radius 1 is 0.407 bits per heavy atom. The van der Waals surface area contributed by atoms with Gasteiger partial charge in [0.15, 0.2) is 40.1 Å². The first-order valence-corrected chi connectivity index (χ1v) is 20.3. The zero-order valence-electron chi connectivity index (χ0n) is 24.3. The van der Waals surface area contributed by atoms with Crippen LogP contribution in [-0.4, -0.2) is 133 Å². The lowest BCUT2D eigenvalue weighted by Gasteiger charge is -2.35. The monoisotopic (exact) mass is 965 g/mol. The molecule has 0 aromatic rings. The Hall–Kier alpha value is -1.76. The molecule has 54 heavy (non-hydrogen) atoms. The van der Waals surface area contributed by atoms with Crippen LogP contribution in [0.3, 0.4) is 0 Å². The van der Waals surface area contributed by atoms with Crippen molar-refractivity contribution in [1.82, 2.24) is 14.3 Å². The van der Waals surface area contributed by atoms with Gasteiger partial charge in [-0.3, -0.25) is 0 Å². The van der Waals surface area contributed by atoms with Crippen LogP contribution in [0.25, 0.3) is 8.25 Å². The Kier molecular flexibility index (Phi) is 14.4. The first-order valence-electron chi connectivity index (χ1n) is 11.6. The molecule has 0 spiro atoms. The van der Waals surface area contributed by atoms with E-state index in [0.717, 1.165) is 0 Å². The van der Waals surface area contributed by atoms with Crippen LogP contribution in [-0.2, 0) is 60.1 Å². The van der Waals surface area contributed by atoms with Crippen LogP contribution in [0, 0.1) is 0 Å². The van der Waals surface area contributed by atoms with Gasteiger partial charge in [-0.25, -0.2) is 60.0 Å².